The van der Waals surface area contributed by atoms with Crippen molar-refractivity contribution in [3.63, 3.8) is 0 Å². The second-order valence-electron chi connectivity index (χ2n) is 7.06. The lowest BCUT2D eigenvalue weighted by Gasteiger charge is -2.30. The zero-order valence-electron chi connectivity index (χ0n) is 16.1. The summed E-state index contributed by atoms with van der Waals surface area (Å²) in [6.45, 7) is 0.365. The summed E-state index contributed by atoms with van der Waals surface area (Å²) in [4.78, 5) is 12.9. The average Bonchev–Trinajstić information content (AvgIpc) is 2.75. The van der Waals surface area contributed by atoms with Crippen LogP contribution in [0.1, 0.15) is 22.3 Å². The van der Waals surface area contributed by atoms with Gasteiger partial charge in [0.1, 0.15) is 0 Å². The first-order chi connectivity index (χ1) is 14.8. The number of anilines is 2. The summed E-state index contributed by atoms with van der Waals surface area (Å²) < 4.78 is 27.7. The monoisotopic (exact) mass is 494 g/mol. The van der Waals surface area contributed by atoms with E-state index in [1.54, 1.807) is 48.5 Å². The minimum Gasteiger partial charge on any atom is -0.321 e. The van der Waals surface area contributed by atoms with Crippen LogP contribution < -0.4 is 9.62 Å². The average molecular weight is 496 g/mol. The molecule has 4 rings (SSSR count). The highest BCUT2D eigenvalue weighted by molar-refractivity contribution is 7.92. The number of benzene rings is 3. The van der Waals surface area contributed by atoms with Gasteiger partial charge in [-0.3, -0.25) is 9.10 Å². The number of nitrogens with one attached hydrogen (secondary N) is 1. The summed E-state index contributed by atoms with van der Waals surface area (Å²) in [7, 11) is -3.74. The molecule has 0 fully saturated rings. The predicted octanol–water partition coefficient (Wildman–Crippen LogP) is 6.04. The van der Waals surface area contributed by atoms with Crippen molar-refractivity contribution in [2.45, 2.75) is 17.7 Å². The Morgan fingerprint density at radius 2 is 1.61 bits per heavy atom. The molecule has 0 unspecified atom stereocenters. The van der Waals surface area contributed by atoms with Crippen LogP contribution in [0.2, 0.25) is 15.1 Å². The molecule has 0 aromatic heterocycles. The second kappa shape index (κ2) is 8.71. The molecule has 0 saturated heterocycles. The molecule has 3 aromatic rings. The van der Waals surface area contributed by atoms with E-state index in [0.717, 1.165) is 5.56 Å². The van der Waals surface area contributed by atoms with E-state index >= 15 is 0 Å². The lowest BCUT2D eigenvalue weighted by molar-refractivity contribution is 0.102. The fourth-order valence-electron chi connectivity index (χ4n) is 3.47. The molecule has 1 amide bonds. The van der Waals surface area contributed by atoms with Crippen LogP contribution in [0.3, 0.4) is 0 Å². The maximum atomic E-state index is 13.2. The number of carbonyl (C=O) groups excluding carboxylic acids is 1. The number of aryl methyl sites for hydroxylation is 1. The first-order valence-corrected chi connectivity index (χ1v) is 12.0. The SMILES string of the molecule is O=C(Nc1ccc(Cl)cc1Cl)c1ccc2c(c1)CCCN2S(=O)(=O)c1ccc(Cl)cc1. The molecule has 0 radical (unpaired) electrons. The number of sulfonamides is 1. The standard InChI is InChI=1S/C22H17Cl3N2O3S/c23-16-4-7-18(8-5-16)31(29,30)27-11-1-2-14-12-15(3-10-21(14)27)22(28)26-20-9-6-17(24)13-19(20)25/h3-10,12-13H,1-2,11H2,(H,26,28). The van der Waals surface area contributed by atoms with E-state index in [1.807, 2.05) is 0 Å². The molecular formula is C22H17Cl3N2O3S. The van der Waals surface area contributed by atoms with E-state index in [4.69, 9.17) is 34.8 Å². The van der Waals surface area contributed by atoms with E-state index in [9.17, 15) is 13.2 Å². The van der Waals surface area contributed by atoms with Gasteiger partial charge in [0.2, 0.25) is 0 Å². The summed E-state index contributed by atoms with van der Waals surface area (Å²) in [6, 6.07) is 15.9. The highest BCUT2D eigenvalue weighted by Crippen LogP contribution is 2.33. The number of hydrogen-bond donors (Lipinski definition) is 1. The van der Waals surface area contributed by atoms with Crippen molar-refractivity contribution in [3.05, 3.63) is 86.9 Å². The van der Waals surface area contributed by atoms with Crippen LogP contribution in [-0.2, 0) is 16.4 Å². The van der Waals surface area contributed by atoms with Gasteiger partial charge >= 0.3 is 0 Å². The molecule has 1 aliphatic heterocycles. The van der Waals surface area contributed by atoms with Crippen molar-refractivity contribution in [1.29, 1.82) is 0 Å². The molecule has 160 valence electrons. The molecule has 1 heterocycles. The number of fused-ring (bicyclic) bond motifs is 1. The van der Waals surface area contributed by atoms with Gasteiger partial charge in [0, 0.05) is 22.2 Å². The van der Waals surface area contributed by atoms with Crippen molar-refractivity contribution in [2.75, 3.05) is 16.2 Å². The van der Waals surface area contributed by atoms with Crippen molar-refractivity contribution >= 4 is 62.1 Å². The Bertz CT molecular complexity index is 1260. The van der Waals surface area contributed by atoms with E-state index < -0.39 is 10.0 Å². The van der Waals surface area contributed by atoms with E-state index in [-0.39, 0.29) is 10.8 Å². The van der Waals surface area contributed by atoms with Crippen LogP contribution in [0, 0.1) is 0 Å². The molecule has 0 atom stereocenters. The molecule has 5 nitrogen and oxygen atoms in total. The molecule has 9 heteroatoms. The fourth-order valence-corrected chi connectivity index (χ4v) is 5.60. The summed E-state index contributed by atoms with van der Waals surface area (Å²) in [6.07, 6.45) is 1.32. The zero-order chi connectivity index (χ0) is 22.2. The number of amides is 1. The van der Waals surface area contributed by atoms with Gasteiger partial charge in [-0.15, -0.1) is 0 Å². The van der Waals surface area contributed by atoms with Crippen LogP contribution in [0.15, 0.2) is 65.6 Å². The molecule has 31 heavy (non-hydrogen) atoms. The minimum atomic E-state index is -3.74. The number of nitrogens with zero attached hydrogens (tertiary/aromatic N) is 1. The smallest absolute Gasteiger partial charge is 0.264 e. The Labute approximate surface area is 195 Å². The lowest BCUT2D eigenvalue weighted by Crippen LogP contribution is -2.35. The minimum absolute atomic E-state index is 0.170. The molecule has 0 spiro atoms. The van der Waals surface area contributed by atoms with Crippen molar-refractivity contribution in [1.82, 2.24) is 0 Å². The van der Waals surface area contributed by atoms with Gasteiger partial charge in [-0.25, -0.2) is 8.42 Å². The normalized spacial score (nSPS) is 13.6. The van der Waals surface area contributed by atoms with Crippen LogP contribution in [0.4, 0.5) is 11.4 Å². The van der Waals surface area contributed by atoms with Crippen LogP contribution >= 0.6 is 34.8 Å². The number of carbonyl (C=O) groups is 1. The molecule has 1 aliphatic rings. The maximum absolute atomic E-state index is 13.2. The second-order valence-corrected chi connectivity index (χ2v) is 10.2. The van der Waals surface area contributed by atoms with Gasteiger partial charge < -0.3 is 5.32 Å². The van der Waals surface area contributed by atoms with E-state index in [2.05, 4.69) is 5.32 Å². The van der Waals surface area contributed by atoms with Crippen LogP contribution in [0.5, 0.6) is 0 Å². The molecule has 0 saturated carbocycles. The van der Waals surface area contributed by atoms with Gasteiger partial charge in [0.25, 0.3) is 15.9 Å². The molecular weight excluding hydrogens is 479 g/mol. The fraction of sp³-hybridized carbons (Fsp3) is 0.136. The van der Waals surface area contributed by atoms with E-state index in [0.29, 0.717) is 51.4 Å². The lowest BCUT2D eigenvalue weighted by atomic mass is 10.0. The molecule has 0 bridgehead atoms. The third-order valence-electron chi connectivity index (χ3n) is 5.00. The first kappa shape index (κ1) is 22.0. The van der Waals surface area contributed by atoms with Gasteiger partial charge in [-0.2, -0.15) is 0 Å². The largest absolute Gasteiger partial charge is 0.321 e. The first-order valence-electron chi connectivity index (χ1n) is 9.43. The zero-order valence-corrected chi connectivity index (χ0v) is 19.2. The van der Waals surface area contributed by atoms with Crippen LogP contribution in [0.25, 0.3) is 0 Å². The summed E-state index contributed by atoms with van der Waals surface area (Å²) in [5, 5.41) is 4.03. The van der Waals surface area contributed by atoms with Crippen molar-refractivity contribution in [3.8, 4) is 0 Å². The Morgan fingerprint density at radius 3 is 2.32 bits per heavy atom. The van der Waals surface area contributed by atoms with Crippen LogP contribution in [-0.4, -0.2) is 20.9 Å². The highest BCUT2D eigenvalue weighted by Gasteiger charge is 2.29. The van der Waals surface area contributed by atoms with Gasteiger partial charge in [-0.1, -0.05) is 34.8 Å². The van der Waals surface area contributed by atoms with E-state index in [1.165, 1.54) is 16.4 Å². The van der Waals surface area contributed by atoms with Gasteiger partial charge in [-0.05, 0) is 79.1 Å². The Balaban J connectivity index is 1.62. The Morgan fingerprint density at radius 1 is 0.903 bits per heavy atom. The third kappa shape index (κ3) is 4.53. The molecule has 0 aliphatic carbocycles. The van der Waals surface area contributed by atoms with Crippen molar-refractivity contribution < 1.29 is 13.2 Å². The summed E-state index contributed by atoms with van der Waals surface area (Å²) in [5.41, 5.74) is 2.22. The van der Waals surface area contributed by atoms with Gasteiger partial charge in [0.05, 0.1) is 21.3 Å². The highest BCUT2D eigenvalue weighted by atomic mass is 35.5. The topological polar surface area (TPSA) is 66.5 Å². The number of hydrogen-bond acceptors (Lipinski definition) is 3. The van der Waals surface area contributed by atoms with Crippen molar-refractivity contribution in [2.24, 2.45) is 0 Å². The molecule has 1 N–H and O–H groups in total. The Kier molecular flexibility index (Phi) is 6.17. The quantitative estimate of drug-likeness (QED) is 0.480. The van der Waals surface area contributed by atoms with Gasteiger partial charge in [0.15, 0.2) is 0 Å². The summed E-state index contributed by atoms with van der Waals surface area (Å²) >= 11 is 17.9. The number of rotatable bonds is 4. The maximum Gasteiger partial charge on any atom is 0.264 e. The number of halogens is 3. The Hall–Kier alpha value is -2.25. The predicted molar refractivity (Wildman–Crippen MR) is 125 cm³/mol. The summed E-state index contributed by atoms with van der Waals surface area (Å²) in [5.74, 6) is -0.343. The third-order valence-corrected chi connectivity index (χ3v) is 7.63. The molecule has 3 aromatic carbocycles.